The van der Waals surface area contributed by atoms with Crippen molar-refractivity contribution in [2.45, 2.75) is 39.0 Å². The van der Waals surface area contributed by atoms with Crippen LogP contribution in [0.15, 0.2) is 72.1 Å². The van der Waals surface area contributed by atoms with Crippen LogP contribution in [-0.2, 0) is 0 Å². The molecule has 0 bridgehead atoms. The summed E-state index contributed by atoms with van der Waals surface area (Å²) in [5.41, 5.74) is 8.30. The molecule has 0 spiro atoms. The van der Waals surface area contributed by atoms with E-state index in [2.05, 4.69) is 13.0 Å². The lowest BCUT2D eigenvalue weighted by Crippen LogP contribution is -2.21. The van der Waals surface area contributed by atoms with Crippen molar-refractivity contribution in [1.29, 1.82) is 5.26 Å². The number of hydrogen-bond donors (Lipinski definition) is 1. The predicted octanol–water partition coefficient (Wildman–Crippen LogP) is 6.10. The molecule has 0 aromatic heterocycles. The van der Waals surface area contributed by atoms with Crippen molar-refractivity contribution in [3.05, 3.63) is 88.8 Å². The topological polar surface area (TPSA) is 113 Å². The van der Waals surface area contributed by atoms with E-state index < -0.39 is 11.9 Å². The first-order valence-electron chi connectivity index (χ1n) is 13.0. The Morgan fingerprint density at radius 1 is 0.974 bits per heavy atom. The number of ether oxygens (including phenoxy) is 5. The molecule has 0 fully saturated rings. The number of methoxy groups -OCH3 is 1. The second-order valence-electron chi connectivity index (χ2n) is 9.00. The fourth-order valence-corrected chi connectivity index (χ4v) is 4.25. The van der Waals surface area contributed by atoms with Crippen LogP contribution >= 0.6 is 0 Å². The van der Waals surface area contributed by atoms with Crippen molar-refractivity contribution in [2.75, 3.05) is 20.3 Å². The fourth-order valence-electron chi connectivity index (χ4n) is 4.25. The van der Waals surface area contributed by atoms with Crippen LogP contribution in [0.2, 0.25) is 0 Å². The van der Waals surface area contributed by atoms with Crippen molar-refractivity contribution >= 4 is 5.97 Å². The highest BCUT2D eigenvalue weighted by Gasteiger charge is 2.32. The maximum Gasteiger partial charge on any atom is 0.343 e. The molecule has 1 aliphatic rings. The lowest BCUT2D eigenvalue weighted by molar-refractivity contribution is 0.0734. The summed E-state index contributed by atoms with van der Waals surface area (Å²) in [7, 11) is 1.57. The molecule has 8 nitrogen and oxygen atoms in total. The number of esters is 1. The van der Waals surface area contributed by atoms with E-state index in [1.165, 1.54) is 0 Å². The van der Waals surface area contributed by atoms with Gasteiger partial charge in [-0.1, -0.05) is 38.5 Å². The lowest BCUT2D eigenvalue weighted by Gasteiger charge is -2.27. The number of carbonyl (C=O) groups is 1. The quantitative estimate of drug-likeness (QED) is 0.180. The van der Waals surface area contributed by atoms with Gasteiger partial charge in [0.2, 0.25) is 5.88 Å². The highest BCUT2D eigenvalue weighted by molar-refractivity contribution is 5.91. The molecule has 1 heterocycles. The Balaban J connectivity index is 1.62. The van der Waals surface area contributed by atoms with Crippen LogP contribution in [0, 0.1) is 11.3 Å². The molecule has 3 aromatic carbocycles. The van der Waals surface area contributed by atoms with E-state index in [-0.39, 0.29) is 17.2 Å². The Morgan fingerprint density at radius 3 is 2.56 bits per heavy atom. The van der Waals surface area contributed by atoms with Gasteiger partial charge in [0.1, 0.15) is 28.9 Å². The van der Waals surface area contributed by atoms with Gasteiger partial charge in [0.15, 0.2) is 11.5 Å². The van der Waals surface area contributed by atoms with E-state index in [4.69, 9.17) is 29.4 Å². The number of nitriles is 1. The van der Waals surface area contributed by atoms with E-state index in [0.29, 0.717) is 47.3 Å². The molecule has 1 atom stereocenters. The van der Waals surface area contributed by atoms with Gasteiger partial charge in [0, 0.05) is 11.6 Å². The number of carbonyl (C=O) groups excluding carboxylic acids is 1. The summed E-state index contributed by atoms with van der Waals surface area (Å²) in [5.74, 6) is 1.41. The summed E-state index contributed by atoms with van der Waals surface area (Å²) >= 11 is 0. The molecule has 0 aliphatic carbocycles. The first-order valence-corrected chi connectivity index (χ1v) is 13.0. The van der Waals surface area contributed by atoms with Gasteiger partial charge >= 0.3 is 5.97 Å². The normalized spacial score (nSPS) is 14.1. The molecule has 1 aliphatic heterocycles. The number of unbranched alkanes of at least 4 members (excludes halogenated alkanes) is 1. The third kappa shape index (κ3) is 6.27. The van der Waals surface area contributed by atoms with Crippen molar-refractivity contribution < 1.29 is 28.5 Å². The van der Waals surface area contributed by atoms with Crippen molar-refractivity contribution in [3.63, 3.8) is 0 Å². The van der Waals surface area contributed by atoms with Crippen LogP contribution < -0.4 is 29.4 Å². The molecule has 39 heavy (non-hydrogen) atoms. The standard InChI is InChI=1S/C31H32N2O6/c1-4-6-15-37-26-13-10-20(17-28(26)35-3)29-24-12-11-23(18-27(24)39-30(33)25(29)19-32)38-31(34)21-8-7-9-22(16-21)36-14-5-2/h7-13,16-18,29H,4-6,14-15,33H2,1-3H3. The third-order valence-corrected chi connectivity index (χ3v) is 6.22. The number of nitrogens with two attached hydrogens (primary N) is 1. The zero-order chi connectivity index (χ0) is 27.8. The molecular formula is C31H32N2O6. The fraction of sp³-hybridized carbons (Fsp3) is 0.290. The maximum atomic E-state index is 12.8. The van der Waals surface area contributed by atoms with Gasteiger partial charge in [-0.05, 0) is 54.8 Å². The molecule has 3 aromatic rings. The van der Waals surface area contributed by atoms with Gasteiger partial charge in [0.25, 0.3) is 0 Å². The summed E-state index contributed by atoms with van der Waals surface area (Å²) in [6, 6.07) is 19.6. The Morgan fingerprint density at radius 2 is 1.82 bits per heavy atom. The maximum absolute atomic E-state index is 12.8. The van der Waals surface area contributed by atoms with E-state index in [9.17, 15) is 10.1 Å². The second kappa shape index (κ2) is 12.7. The summed E-state index contributed by atoms with van der Waals surface area (Å²) in [6.45, 7) is 5.25. The van der Waals surface area contributed by atoms with Gasteiger partial charge in [-0.2, -0.15) is 5.26 Å². The molecule has 0 amide bonds. The monoisotopic (exact) mass is 528 g/mol. The Labute approximate surface area is 228 Å². The summed E-state index contributed by atoms with van der Waals surface area (Å²) < 4.78 is 28.5. The highest BCUT2D eigenvalue weighted by atomic mass is 16.5. The number of allylic oxidation sites excluding steroid dienone is 1. The number of hydrogen-bond acceptors (Lipinski definition) is 8. The lowest BCUT2D eigenvalue weighted by atomic mass is 9.83. The van der Waals surface area contributed by atoms with Gasteiger partial charge in [-0.15, -0.1) is 0 Å². The molecular weight excluding hydrogens is 496 g/mol. The highest BCUT2D eigenvalue weighted by Crippen LogP contribution is 2.45. The van der Waals surface area contributed by atoms with E-state index in [1.807, 2.05) is 25.1 Å². The predicted molar refractivity (Wildman–Crippen MR) is 146 cm³/mol. The Bertz CT molecular complexity index is 1410. The smallest absolute Gasteiger partial charge is 0.343 e. The van der Waals surface area contributed by atoms with Crippen molar-refractivity contribution in [1.82, 2.24) is 0 Å². The van der Waals surface area contributed by atoms with Crippen LogP contribution in [0.3, 0.4) is 0 Å². The van der Waals surface area contributed by atoms with Gasteiger partial charge in [-0.25, -0.2) is 4.79 Å². The van der Waals surface area contributed by atoms with Crippen molar-refractivity contribution in [2.24, 2.45) is 5.73 Å². The van der Waals surface area contributed by atoms with Gasteiger partial charge in [-0.3, -0.25) is 0 Å². The minimum absolute atomic E-state index is 0.0125. The zero-order valence-corrected chi connectivity index (χ0v) is 22.4. The molecule has 4 rings (SSSR count). The second-order valence-corrected chi connectivity index (χ2v) is 9.00. The third-order valence-electron chi connectivity index (χ3n) is 6.22. The molecule has 0 saturated carbocycles. The number of nitrogens with zero attached hydrogens (tertiary/aromatic N) is 1. The Kier molecular flexibility index (Phi) is 8.95. The molecule has 202 valence electrons. The van der Waals surface area contributed by atoms with Crippen LogP contribution in [0.5, 0.6) is 28.7 Å². The average Bonchev–Trinajstić information content (AvgIpc) is 2.95. The zero-order valence-electron chi connectivity index (χ0n) is 22.4. The number of rotatable bonds is 11. The number of benzene rings is 3. The molecule has 0 saturated heterocycles. The minimum atomic E-state index is -0.533. The van der Waals surface area contributed by atoms with Gasteiger partial charge in [0.05, 0.1) is 31.8 Å². The van der Waals surface area contributed by atoms with Crippen LogP contribution in [0.4, 0.5) is 0 Å². The van der Waals surface area contributed by atoms with E-state index >= 15 is 0 Å². The average molecular weight is 529 g/mol. The molecule has 8 heteroatoms. The molecule has 2 N–H and O–H groups in total. The van der Waals surface area contributed by atoms with Crippen LogP contribution in [0.25, 0.3) is 0 Å². The largest absolute Gasteiger partial charge is 0.494 e. The Hall–Kier alpha value is -4.64. The summed E-state index contributed by atoms with van der Waals surface area (Å²) in [4.78, 5) is 12.8. The minimum Gasteiger partial charge on any atom is -0.494 e. The number of fused-ring (bicyclic) bond motifs is 1. The molecule has 0 radical (unpaired) electrons. The first-order chi connectivity index (χ1) is 19.0. The van der Waals surface area contributed by atoms with Crippen molar-refractivity contribution in [3.8, 4) is 34.8 Å². The van der Waals surface area contributed by atoms with Crippen LogP contribution in [-0.4, -0.2) is 26.3 Å². The van der Waals surface area contributed by atoms with E-state index in [1.54, 1.807) is 49.6 Å². The SMILES string of the molecule is CCCCOc1ccc(C2C(C#N)=C(N)Oc3cc(OC(=O)c4cccc(OCCC)c4)ccc32)cc1OC. The van der Waals surface area contributed by atoms with Crippen LogP contribution in [0.1, 0.15) is 60.5 Å². The summed E-state index contributed by atoms with van der Waals surface area (Å²) in [6.07, 6.45) is 2.81. The summed E-state index contributed by atoms with van der Waals surface area (Å²) in [5, 5.41) is 9.92. The first kappa shape index (κ1) is 27.4. The molecule has 1 unspecified atom stereocenters. The van der Waals surface area contributed by atoms with Gasteiger partial charge < -0.3 is 29.4 Å². The van der Waals surface area contributed by atoms with E-state index in [0.717, 1.165) is 24.8 Å².